The number of rotatable bonds is 4. The number of imidazole rings is 1. The van der Waals surface area contributed by atoms with Crippen LogP contribution in [-0.4, -0.2) is 45.9 Å². The van der Waals surface area contributed by atoms with Crippen LogP contribution in [0.3, 0.4) is 0 Å². The fraction of sp³-hybridized carbons (Fsp3) is 0.500. The molecular formula is C18H22FN3O3. The highest BCUT2D eigenvalue weighted by Gasteiger charge is 2.32. The Hall–Kier alpha value is -2.44. The van der Waals surface area contributed by atoms with Crippen LogP contribution in [0.5, 0.6) is 0 Å². The first kappa shape index (κ1) is 17.4. The van der Waals surface area contributed by atoms with Crippen molar-refractivity contribution in [2.45, 2.75) is 33.1 Å². The number of aryl methyl sites for hydroxylation is 1. The summed E-state index contributed by atoms with van der Waals surface area (Å²) >= 11 is 0. The second-order valence-corrected chi connectivity index (χ2v) is 6.18. The molecule has 3 heterocycles. The van der Waals surface area contributed by atoms with Crippen molar-refractivity contribution in [1.29, 1.82) is 0 Å². The molecule has 0 bridgehead atoms. The number of esters is 1. The van der Waals surface area contributed by atoms with Crippen LogP contribution >= 0.6 is 0 Å². The summed E-state index contributed by atoms with van der Waals surface area (Å²) in [6.07, 6.45) is 3.30. The molecule has 6 nitrogen and oxygen atoms in total. The summed E-state index contributed by atoms with van der Waals surface area (Å²) in [4.78, 5) is 31.2. The summed E-state index contributed by atoms with van der Waals surface area (Å²) < 4.78 is 20.2. The normalized spacial score (nSPS) is 17.7. The molecule has 0 spiro atoms. The van der Waals surface area contributed by atoms with E-state index in [0.29, 0.717) is 49.6 Å². The van der Waals surface area contributed by atoms with Crippen molar-refractivity contribution in [2.24, 2.45) is 5.92 Å². The highest BCUT2D eigenvalue weighted by Crippen LogP contribution is 2.22. The summed E-state index contributed by atoms with van der Waals surface area (Å²) in [6.45, 7) is 4.90. The first-order valence-corrected chi connectivity index (χ1v) is 8.67. The zero-order valence-corrected chi connectivity index (χ0v) is 14.5. The molecule has 0 aliphatic carbocycles. The summed E-state index contributed by atoms with van der Waals surface area (Å²) in [6, 6.07) is 2.89. The van der Waals surface area contributed by atoms with Crippen LogP contribution in [0.25, 0.3) is 5.65 Å². The van der Waals surface area contributed by atoms with Crippen molar-refractivity contribution in [3.63, 3.8) is 0 Å². The number of hydrogen-bond donors (Lipinski definition) is 0. The minimum Gasteiger partial charge on any atom is -0.466 e. The summed E-state index contributed by atoms with van der Waals surface area (Å²) in [7, 11) is 0. The Labute approximate surface area is 145 Å². The lowest BCUT2D eigenvalue weighted by molar-refractivity contribution is -0.149. The second-order valence-electron chi connectivity index (χ2n) is 6.18. The smallest absolute Gasteiger partial charge is 0.310 e. The van der Waals surface area contributed by atoms with Gasteiger partial charge in [-0.05, 0) is 38.3 Å². The number of likely N-dealkylation sites (tertiary alicyclic amines) is 1. The third-order valence-electron chi connectivity index (χ3n) is 4.52. The SMILES string of the molecule is CCOC(=O)C1CCCN(C(=O)c2c(CC)nc3ccc(F)cn23)C1. The van der Waals surface area contributed by atoms with Gasteiger partial charge in [-0.3, -0.25) is 14.0 Å². The molecule has 3 rings (SSSR count). The first-order valence-electron chi connectivity index (χ1n) is 8.67. The fourth-order valence-corrected chi connectivity index (χ4v) is 3.30. The Morgan fingerprint density at radius 3 is 2.88 bits per heavy atom. The van der Waals surface area contributed by atoms with Crippen molar-refractivity contribution in [3.05, 3.63) is 35.5 Å². The third-order valence-corrected chi connectivity index (χ3v) is 4.52. The van der Waals surface area contributed by atoms with Gasteiger partial charge >= 0.3 is 5.97 Å². The number of fused-ring (bicyclic) bond motifs is 1. The molecule has 2 aromatic rings. The molecule has 2 aromatic heterocycles. The zero-order chi connectivity index (χ0) is 18.0. The number of carbonyl (C=O) groups excluding carboxylic acids is 2. The number of aromatic nitrogens is 2. The monoisotopic (exact) mass is 347 g/mol. The molecule has 25 heavy (non-hydrogen) atoms. The highest BCUT2D eigenvalue weighted by atomic mass is 19.1. The van der Waals surface area contributed by atoms with E-state index in [2.05, 4.69) is 4.98 Å². The Kier molecular flexibility index (Phi) is 5.01. The van der Waals surface area contributed by atoms with Crippen molar-refractivity contribution >= 4 is 17.5 Å². The van der Waals surface area contributed by atoms with Crippen LogP contribution in [0.15, 0.2) is 18.3 Å². The van der Waals surface area contributed by atoms with Crippen LogP contribution in [-0.2, 0) is 16.0 Å². The number of carbonyl (C=O) groups is 2. The summed E-state index contributed by atoms with van der Waals surface area (Å²) in [5.74, 6) is -1.22. The lowest BCUT2D eigenvalue weighted by Gasteiger charge is -2.31. The van der Waals surface area contributed by atoms with Gasteiger partial charge in [-0.2, -0.15) is 0 Å². The lowest BCUT2D eigenvalue weighted by atomic mass is 9.98. The van der Waals surface area contributed by atoms with Crippen molar-refractivity contribution in [3.8, 4) is 0 Å². The number of nitrogens with zero attached hydrogens (tertiary/aromatic N) is 3. The maximum absolute atomic E-state index is 13.7. The molecule has 1 saturated heterocycles. The Balaban J connectivity index is 1.91. The van der Waals surface area contributed by atoms with Gasteiger partial charge < -0.3 is 9.64 Å². The largest absolute Gasteiger partial charge is 0.466 e. The van der Waals surface area contributed by atoms with E-state index in [1.807, 2.05) is 6.92 Å². The fourth-order valence-electron chi connectivity index (χ4n) is 3.30. The van der Waals surface area contributed by atoms with Crippen molar-refractivity contribution < 1.29 is 18.7 Å². The van der Waals surface area contributed by atoms with Gasteiger partial charge in [-0.1, -0.05) is 6.92 Å². The number of hydrogen-bond acceptors (Lipinski definition) is 4. The Morgan fingerprint density at radius 2 is 2.16 bits per heavy atom. The highest BCUT2D eigenvalue weighted by molar-refractivity contribution is 5.95. The van der Waals surface area contributed by atoms with E-state index in [-0.39, 0.29) is 17.8 Å². The van der Waals surface area contributed by atoms with Gasteiger partial charge in [0.05, 0.1) is 18.2 Å². The molecule has 0 radical (unpaired) electrons. The van der Waals surface area contributed by atoms with Gasteiger partial charge in [0.2, 0.25) is 0 Å². The van der Waals surface area contributed by atoms with Crippen molar-refractivity contribution in [2.75, 3.05) is 19.7 Å². The summed E-state index contributed by atoms with van der Waals surface area (Å²) in [5.41, 5.74) is 1.55. The van der Waals surface area contributed by atoms with Gasteiger partial charge in [-0.25, -0.2) is 9.37 Å². The molecule has 1 aliphatic rings. The van der Waals surface area contributed by atoms with Crippen LogP contribution in [0.1, 0.15) is 42.9 Å². The van der Waals surface area contributed by atoms with E-state index in [1.54, 1.807) is 17.9 Å². The van der Waals surface area contributed by atoms with E-state index < -0.39 is 5.82 Å². The molecule has 134 valence electrons. The van der Waals surface area contributed by atoms with Gasteiger partial charge in [0, 0.05) is 19.3 Å². The van der Waals surface area contributed by atoms with Gasteiger partial charge in [0.15, 0.2) is 0 Å². The van der Waals surface area contributed by atoms with E-state index in [1.165, 1.54) is 16.7 Å². The molecule has 1 unspecified atom stereocenters. The topological polar surface area (TPSA) is 63.9 Å². The maximum atomic E-state index is 13.7. The minimum absolute atomic E-state index is 0.219. The number of ether oxygens (including phenoxy) is 1. The molecular weight excluding hydrogens is 325 g/mol. The zero-order valence-electron chi connectivity index (χ0n) is 14.5. The average molecular weight is 347 g/mol. The summed E-state index contributed by atoms with van der Waals surface area (Å²) in [5, 5.41) is 0. The van der Waals surface area contributed by atoms with Gasteiger partial charge in [0.1, 0.15) is 17.2 Å². The predicted octanol–water partition coefficient (Wildman–Crippen LogP) is 2.45. The van der Waals surface area contributed by atoms with Crippen LogP contribution in [0, 0.1) is 11.7 Å². The van der Waals surface area contributed by atoms with Gasteiger partial charge in [0.25, 0.3) is 5.91 Å². The lowest BCUT2D eigenvalue weighted by Crippen LogP contribution is -2.43. The van der Waals surface area contributed by atoms with E-state index in [9.17, 15) is 14.0 Å². The maximum Gasteiger partial charge on any atom is 0.310 e. The third kappa shape index (κ3) is 3.36. The Bertz CT molecular complexity index is 802. The molecule has 7 heteroatoms. The number of halogens is 1. The predicted molar refractivity (Wildman–Crippen MR) is 89.8 cm³/mol. The number of piperidine rings is 1. The average Bonchev–Trinajstić information content (AvgIpc) is 2.99. The van der Waals surface area contributed by atoms with Crippen LogP contribution < -0.4 is 0 Å². The Morgan fingerprint density at radius 1 is 1.36 bits per heavy atom. The quantitative estimate of drug-likeness (QED) is 0.797. The van der Waals surface area contributed by atoms with Gasteiger partial charge in [-0.15, -0.1) is 0 Å². The number of pyridine rings is 1. The van der Waals surface area contributed by atoms with E-state index >= 15 is 0 Å². The standard InChI is InChI=1S/C18H22FN3O3/c1-3-14-16(22-11-13(19)7-8-15(22)20-14)17(23)21-9-5-6-12(10-21)18(24)25-4-2/h7-8,11-12H,3-6,9-10H2,1-2H3. The molecule has 0 saturated carbocycles. The first-order chi connectivity index (χ1) is 12.0. The van der Waals surface area contributed by atoms with E-state index in [0.717, 1.165) is 6.42 Å². The molecule has 0 N–H and O–H groups in total. The minimum atomic E-state index is -0.426. The molecule has 0 aromatic carbocycles. The second kappa shape index (κ2) is 7.21. The van der Waals surface area contributed by atoms with Crippen LogP contribution in [0.2, 0.25) is 0 Å². The molecule has 1 atom stereocenters. The van der Waals surface area contributed by atoms with Crippen LogP contribution in [0.4, 0.5) is 4.39 Å². The van der Waals surface area contributed by atoms with E-state index in [4.69, 9.17) is 4.74 Å². The number of amides is 1. The molecule has 1 aliphatic heterocycles. The van der Waals surface area contributed by atoms with Crippen molar-refractivity contribution in [1.82, 2.24) is 14.3 Å². The molecule has 1 fully saturated rings. The molecule has 1 amide bonds.